The van der Waals surface area contributed by atoms with Crippen molar-refractivity contribution >= 4 is 33.4 Å². The van der Waals surface area contributed by atoms with Crippen molar-refractivity contribution in [1.29, 1.82) is 0 Å². The average Bonchev–Trinajstić information content (AvgIpc) is 3.42. The number of aromatic nitrogens is 1. The van der Waals surface area contributed by atoms with Crippen molar-refractivity contribution in [3.05, 3.63) is 114 Å². The highest BCUT2D eigenvalue weighted by Gasteiger charge is 2.22. The number of fused-ring (bicyclic) bond motifs is 2. The van der Waals surface area contributed by atoms with Gasteiger partial charge in [0.2, 0.25) is 0 Å². The number of ketones is 1. The minimum Gasteiger partial charge on any atom is -0.455 e. The Morgan fingerprint density at radius 2 is 1.56 bits per heavy atom. The molecule has 0 spiro atoms. The maximum Gasteiger partial charge on any atom is 0.251 e. The number of hydrogen-bond donors (Lipinski definition) is 1. The van der Waals surface area contributed by atoms with Crippen LogP contribution in [0.1, 0.15) is 47.9 Å². The Bertz CT molecular complexity index is 1980. The maximum absolute atomic E-state index is 13.6. The largest absolute Gasteiger partial charge is 0.455 e. The molecule has 2 heterocycles. The molecule has 5 nitrogen and oxygen atoms in total. The molecule has 1 amide bonds. The Kier molecular flexibility index (Phi) is 7.59. The molecule has 0 aliphatic carbocycles. The lowest BCUT2D eigenvalue weighted by atomic mass is 9.92. The van der Waals surface area contributed by atoms with Crippen molar-refractivity contribution in [1.82, 2.24) is 10.3 Å². The number of rotatable bonds is 8. The van der Waals surface area contributed by atoms with E-state index in [0.29, 0.717) is 52.3 Å². The Hall–Kier alpha value is -5.10. The van der Waals surface area contributed by atoms with Crippen molar-refractivity contribution in [3.63, 3.8) is 0 Å². The third-order valence-corrected chi connectivity index (χ3v) is 7.62. The quantitative estimate of drug-likeness (QED) is 0.185. The summed E-state index contributed by atoms with van der Waals surface area (Å²) in [5.74, 6) is 0.127. The number of hydrogen-bond acceptors (Lipinski definition) is 4. The van der Waals surface area contributed by atoms with E-state index in [0.717, 1.165) is 33.0 Å². The molecular weight excluding hydrogens is 539 g/mol. The van der Waals surface area contributed by atoms with Crippen molar-refractivity contribution < 1.29 is 18.4 Å². The van der Waals surface area contributed by atoms with Crippen LogP contribution in [0.15, 0.2) is 102 Å². The van der Waals surface area contributed by atoms with Crippen LogP contribution in [0.5, 0.6) is 0 Å². The second-order valence-electron chi connectivity index (χ2n) is 11.1. The lowest BCUT2D eigenvalue weighted by molar-refractivity contribution is 0.0948. The molecule has 43 heavy (non-hydrogen) atoms. The van der Waals surface area contributed by atoms with Crippen LogP contribution < -0.4 is 5.32 Å². The zero-order chi connectivity index (χ0) is 30.1. The fourth-order valence-corrected chi connectivity index (χ4v) is 5.41. The summed E-state index contributed by atoms with van der Waals surface area (Å²) < 4.78 is 19.8. The molecule has 6 heteroatoms. The predicted molar refractivity (Wildman–Crippen MR) is 170 cm³/mol. The van der Waals surface area contributed by atoms with E-state index in [1.807, 2.05) is 73.8 Å². The fourth-order valence-electron chi connectivity index (χ4n) is 5.41. The second kappa shape index (κ2) is 11.6. The number of amides is 1. The molecule has 0 bridgehead atoms. The summed E-state index contributed by atoms with van der Waals surface area (Å²) in [7, 11) is 0. The van der Waals surface area contributed by atoms with Gasteiger partial charge < -0.3 is 9.73 Å². The second-order valence-corrected chi connectivity index (χ2v) is 11.1. The van der Waals surface area contributed by atoms with E-state index in [2.05, 4.69) is 24.1 Å². The summed E-state index contributed by atoms with van der Waals surface area (Å²) in [6, 6.07) is 25.5. The Labute approximate surface area is 249 Å². The SMILES string of the molecule is CCC(=O)c1c(-c2ccc(F)cc2)oc2ccc(-c3ccc(-c4cncc5ccccc45)c(C(=O)NCC(C)C)c3)cc12. The smallest absolute Gasteiger partial charge is 0.251 e. The molecule has 0 radical (unpaired) electrons. The first-order valence-corrected chi connectivity index (χ1v) is 14.5. The molecule has 2 aromatic heterocycles. The number of halogens is 1. The Morgan fingerprint density at radius 1 is 0.837 bits per heavy atom. The standard InChI is InChI=1S/C37H31FN2O3/c1-4-33(41)35-31-18-25(12-16-34(31)43-36(35)23-9-13-27(38)14-10-23)24-11-15-29(30(17-24)37(42)40-19-22(2)3)32-21-39-20-26-7-5-6-8-28(26)32/h5-18,20-22H,4,19H2,1-3H3,(H,40,42). The average molecular weight is 571 g/mol. The van der Waals surface area contributed by atoms with Crippen LogP contribution in [0, 0.1) is 11.7 Å². The molecule has 0 aliphatic heterocycles. The topological polar surface area (TPSA) is 72.2 Å². The molecule has 0 saturated heterocycles. The highest BCUT2D eigenvalue weighted by molar-refractivity contribution is 6.13. The van der Waals surface area contributed by atoms with E-state index in [-0.39, 0.29) is 17.5 Å². The number of carbonyl (C=O) groups is 2. The summed E-state index contributed by atoms with van der Waals surface area (Å²) in [5, 5.41) is 5.76. The molecular formula is C37H31FN2O3. The molecule has 214 valence electrons. The van der Waals surface area contributed by atoms with Gasteiger partial charge in [-0.1, -0.05) is 63.2 Å². The van der Waals surface area contributed by atoms with Gasteiger partial charge in [-0.15, -0.1) is 0 Å². The van der Waals surface area contributed by atoms with Crippen LogP contribution in [0.2, 0.25) is 0 Å². The fraction of sp³-hybridized carbons (Fsp3) is 0.162. The third-order valence-electron chi connectivity index (χ3n) is 7.62. The van der Waals surface area contributed by atoms with Crippen molar-refractivity contribution in [2.24, 2.45) is 5.92 Å². The van der Waals surface area contributed by atoms with Crippen molar-refractivity contribution in [2.45, 2.75) is 27.2 Å². The maximum atomic E-state index is 13.6. The van der Waals surface area contributed by atoms with Gasteiger partial charge >= 0.3 is 0 Å². The first kappa shape index (κ1) is 28.0. The number of carbonyl (C=O) groups excluding carboxylic acids is 2. The van der Waals surface area contributed by atoms with E-state index in [9.17, 15) is 14.0 Å². The summed E-state index contributed by atoms with van der Waals surface area (Å²) in [4.78, 5) is 31.3. The molecule has 0 aliphatic rings. The van der Waals surface area contributed by atoms with Crippen molar-refractivity contribution in [2.75, 3.05) is 6.54 Å². The Balaban J connectivity index is 1.51. The van der Waals surface area contributed by atoms with Crippen LogP contribution in [0.25, 0.3) is 55.3 Å². The summed E-state index contributed by atoms with van der Waals surface area (Å²) in [6.45, 7) is 6.47. The zero-order valence-corrected chi connectivity index (χ0v) is 24.3. The monoisotopic (exact) mass is 570 g/mol. The molecule has 0 saturated carbocycles. The number of furan rings is 1. The van der Waals surface area contributed by atoms with E-state index in [1.165, 1.54) is 12.1 Å². The highest BCUT2D eigenvalue weighted by Crippen LogP contribution is 2.38. The summed E-state index contributed by atoms with van der Waals surface area (Å²) in [6.07, 6.45) is 3.91. The molecule has 6 rings (SSSR count). The van der Waals surface area contributed by atoms with Gasteiger partial charge in [-0.3, -0.25) is 14.6 Å². The Morgan fingerprint density at radius 3 is 2.33 bits per heavy atom. The van der Waals surface area contributed by atoms with E-state index >= 15 is 0 Å². The van der Waals surface area contributed by atoms with E-state index in [1.54, 1.807) is 18.3 Å². The van der Waals surface area contributed by atoms with Gasteiger partial charge in [-0.25, -0.2) is 4.39 Å². The molecule has 6 aromatic rings. The first-order valence-electron chi connectivity index (χ1n) is 14.5. The van der Waals surface area contributed by atoms with Crippen LogP contribution in [-0.4, -0.2) is 23.2 Å². The number of benzene rings is 4. The number of nitrogens with one attached hydrogen (secondary N) is 1. The third kappa shape index (κ3) is 5.44. The van der Waals surface area contributed by atoms with Gasteiger partial charge in [0.15, 0.2) is 5.78 Å². The van der Waals surface area contributed by atoms with Crippen LogP contribution in [-0.2, 0) is 0 Å². The molecule has 0 unspecified atom stereocenters. The number of nitrogens with zero attached hydrogens (tertiary/aromatic N) is 1. The number of pyridine rings is 1. The minimum absolute atomic E-state index is 0.0669. The summed E-state index contributed by atoms with van der Waals surface area (Å²) >= 11 is 0. The molecule has 4 aromatic carbocycles. The predicted octanol–water partition coefficient (Wildman–Crippen LogP) is 9.10. The van der Waals surface area contributed by atoms with Gasteiger partial charge in [-0.05, 0) is 70.5 Å². The molecule has 1 N–H and O–H groups in total. The van der Waals surface area contributed by atoms with E-state index in [4.69, 9.17) is 4.42 Å². The van der Waals surface area contributed by atoms with Gasteiger partial charge in [0, 0.05) is 52.8 Å². The van der Waals surface area contributed by atoms with Gasteiger partial charge in [0.25, 0.3) is 5.91 Å². The van der Waals surface area contributed by atoms with E-state index < -0.39 is 0 Å². The van der Waals surface area contributed by atoms with Gasteiger partial charge in [0.05, 0.1) is 5.56 Å². The van der Waals surface area contributed by atoms with Gasteiger partial charge in [-0.2, -0.15) is 0 Å². The van der Waals surface area contributed by atoms with Crippen molar-refractivity contribution in [3.8, 4) is 33.6 Å². The molecule has 0 atom stereocenters. The summed E-state index contributed by atoms with van der Waals surface area (Å²) in [5.41, 5.74) is 5.54. The van der Waals surface area contributed by atoms with Crippen LogP contribution in [0.4, 0.5) is 4.39 Å². The lowest BCUT2D eigenvalue weighted by Gasteiger charge is -2.15. The normalized spacial score (nSPS) is 11.4. The highest BCUT2D eigenvalue weighted by atomic mass is 19.1. The van der Waals surface area contributed by atoms with Crippen LogP contribution in [0.3, 0.4) is 0 Å². The van der Waals surface area contributed by atoms with Gasteiger partial charge in [0.1, 0.15) is 17.2 Å². The molecule has 0 fully saturated rings. The van der Waals surface area contributed by atoms with Crippen LogP contribution >= 0.6 is 0 Å². The first-order chi connectivity index (χ1) is 20.8. The minimum atomic E-state index is -0.360. The zero-order valence-electron chi connectivity index (χ0n) is 24.3. The lowest BCUT2D eigenvalue weighted by Crippen LogP contribution is -2.27. The number of Topliss-reactive ketones (excluding diaryl/α,β-unsaturated/α-hetero) is 1.